The van der Waals surface area contributed by atoms with Crippen molar-refractivity contribution in [2.45, 2.75) is 32.9 Å². The van der Waals surface area contributed by atoms with Crippen molar-refractivity contribution < 1.29 is 9.53 Å². The molecule has 0 bridgehead atoms. The first kappa shape index (κ1) is 16.9. The Morgan fingerprint density at radius 1 is 1.50 bits per heavy atom. The molecule has 1 aliphatic rings. The second-order valence-corrected chi connectivity index (χ2v) is 6.77. The summed E-state index contributed by atoms with van der Waals surface area (Å²) in [7, 11) is 0. The second-order valence-electron chi connectivity index (χ2n) is 5.79. The summed E-state index contributed by atoms with van der Waals surface area (Å²) in [5.41, 5.74) is 2.35. The van der Waals surface area contributed by atoms with Crippen LogP contribution in [0.5, 0.6) is 0 Å². The molecule has 0 unspecified atom stereocenters. The second kappa shape index (κ2) is 7.77. The Bertz CT molecular complexity index is 706. The molecule has 0 aromatic carbocycles. The molecule has 1 amide bonds. The molecule has 0 saturated heterocycles. The summed E-state index contributed by atoms with van der Waals surface area (Å²) in [4.78, 5) is 15.6. The standard InChI is InChI=1S/C18H23N3O2S/c1-3-21-17-12-20(18(22)8-7-15-6-5-9-24-15)11-14(13-23-4-2)16(17)10-19-21/h5-10,14H,3-4,11-13H2,1-2H3/b8-7+/t14-/m1/s1. The predicted molar refractivity (Wildman–Crippen MR) is 95.9 cm³/mol. The average Bonchev–Trinajstić information content (AvgIpc) is 3.26. The smallest absolute Gasteiger partial charge is 0.246 e. The zero-order valence-corrected chi connectivity index (χ0v) is 15.0. The lowest BCUT2D eigenvalue weighted by molar-refractivity contribution is -0.127. The van der Waals surface area contributed by atoms with Gasteiger partial charge < -0.3 is 9.64 Å². The van der Waals surface area contributed by atoms with Gasteiger partial charge in [0.1, 0.15) is 0 Å². The summed E-state index contributed by atoms with van der Waals surface area (Å²) in [5.74, 6) is 0.229. The van der Waals surface area contributed by atoms with Crippen molar-refractivity contribution in [1.82, 2.24) is 14.7 Å². The molecule has 6 heteroatoms. The molecule has 0 N–H and O–H groups in total. The van der Waals surface area contributed by atoms with Crippen LogP contribution in [-0.4, -0.2) is 40.3 Å². The minimum atomic E-state index is 0.0411. The van der Waals surface area contributed by atoms with E-state index in [-0.39, 0.29) is 11.8 Å². The normalized spacial score (nSPS) is 17.4. The van der Waals surface area contributed by atoms with Crippen LogP contribution >= 0.6 is 11.3 Å². The Balaban J connectivity index is 1.78. The summed E-state index contributed by atoms with van der Waals surface area (Å²) in [6.45, 7) is 7.46. The topological polar surface area (TPSA) is 47.4 Å². The van der Waals surface area contributed by atoms with E-state index < -0.39 is 0 Å². The van der Waals surface area contributed by atoms with Gasteiger partial charge in [-0.3, -0.25) is 9.48 Å². The molecule has 0 fully saturated rings. The van der Waals surface area contributed by atoms with Crippen LogP contribution in [0.2, 0.25) is 0 Å². The van der Waals surface area contributed by atoms with Gasteiger partial charge in [0.05, 0.1) is 25.0 Å². The van der Waals surface area contributed by atoms with E-state index in [0.29, 0.717) is 26.3 Å². The minimum absolute atomic E-state index is 0.0411. The van der Waals surface area contributed by atoms with Crippen LogP contribution in [0.25, 0.3) is 6.08 Å². The van der Waals surface area contributed by atoms with Gasteiger partial charge in [-0.05, 0) is 31.4 Å². The molecule has 3 rings (SSSR count). The third-order valence-corrected chi connectivity index (χ3v) is 5.11. The highest BCUT2D eigenvalue weighted by Gasteiger charge is 2.30. The maximum absolute atomic E-state index is 12.6. The number of aromatic nitrogens is 2. The zero-order valence-electron chi connectivity index (χ0n) is 14.1. The van der Waals surface area contributed by atoms with Gasteiger partial charge in [-0.25, -0.2) is 0 Å². The third-order valence-electron chi connectivity index (χ3n) is 4.27. The van der Waals surface area contributed by atoms with Gasteiger partial charge in [-0.1, -0.05) is 6.07 Å². The lowest BCUT2D eigenvalue weighted by Gasteiger charge is -2.32. The monoisotopic (exact) mass is 345 g/mol. The molecule has 5 nitrogen and oxygen atoms in total. The van der Waals surface area contributed by atoms with E-state index in [4.69, 9.17) is 4.74 Å². The first-order chi connectivity index (χ1) is 11.7. The highest BCUT2D eigenvalue weighted by atomic mass is 32.1. The number of hydrogen-bond acceptors (Lipinski definition) is 4. The van der Waals surface area contributed by atoms with E-state index in [0.717, 1.165) is 17.1 Å². The molecule has 1 atom stereocenters. The predicted octanol–water partition coefficient (Wildman–Crippen LogP) is 3.14. The molecule has 0 spiro atoms. The van der Waals surface area contributed by atoms with Gasteiger partial charge in [-0.2, -0.15) is 5.10 Å². The third kappa shape index (κ3) is 3.60. The fourth-order valence-electron chi connectivity index (χ4n) is 3.04. The van der Waals surface area contributed by atoms with Crippen molar-refractivity contribution in [3.8, 4) is 0 Å². The van der Waals surface area contributed by atoms with Gasteiger partial charge in [0.15, 0.2) is 0 Å². The highest BCUT2D eigenvalue weighted by molar-refractivity contribution is 7.10. The Kier molecular flexibility index (Phi) is 5.48. The van der Waals surface area contributed by atoms with Crippen LogP contribution in [0.3, 0.4) is 0 Å². The molecule has 3 heterocycles. The van der Waals surface area contributed by atoms with Gasteiger partial charge in [-0.15, -0.1) is 11.3 Å². The number of carbonyl (C=O) groups is 1. The van der Waals surface area contributed by atoms with E-state index in [2.05, 4.69) is 12.0 Å². The Morgan fingerprint density at radius 3 is 3.08 bits per heavy atom. The summed E-state index contributed by atoms with van der Waals surface area (Å²) in [6, 6.07) is 3.99. The molecule has 128 valence electrons. The van der Waals surface area contributed by atoms with Crippen molar-refractivity contribution in [1.29, 1.82) is 0 Å². The minimum Gasteiger partial charge on any atom is -0.381 e. The maximum atomic E-state index is 12.6. The van der Waals surface area contributed by atoms with E-state index >= 15 is 0 Å². The Labute approximate surface area is 146 Å². The number of aryl methyl sites for hydroxylation is 1. The fourth-order valence-corrected chi connectivity index (χ4v) is 3.65. The van der Waals surface area contributed by atoms with Crippen LogP contribution in [0.15, 0.2) is 29.8 Å². The van der Waals surface area contributed by atoms with Crippen LogP contribution < -0.4 is 0 Å². The van der Waals surface area contributed by atoms with Gasteiger partial charge in [0.2, 0.25) is 5.91 Å². The number of fused-ring (bicyclic) bond motifs is 1. The van der Waals surface area contributed by atoms with Crippen LogP contribution in [0.4, 0.5) is 0 Å². The molecular weight excluding hydrogens is 322 g/mol. The van der Waals surface area contributed by atoms with Gasteiger partial charge >= 0.3 is 0 Å². The molecule has 0 saturated carbocycles. The van der Waals surface area contributed by atoms with Crippen LogP contribution in [-0.2, 0) is 22.6 Å². The highest BCUT2D eigenvalue weighted by Crippen LogP contribution is 2.29. The molecule has 2 aromatic rings. The molecule has 2 aromatic heterocycles. The first-order valence-corrected chi connectivity index (χ1v) is 9.23. The Morgan fingerprint density at radius 2 is 2.38 bits per heavy atom. The van der Waals surface area contributed by atoms with Gasteiger partial charge in [0.25, 0.3) is 0 Å². The summed E-state index contributed by atoms with van der Waals surface area (Å²) in [5, 5.41) is 6.47. The van der Waals surface area contributed by atoms with E-state index in [1.54, 1.807) is 17.4 Å². The summed E-state index contributed by atoms with van der Waals surface area (Å²) in [6.07, 6.45) is 5.49. The molecule has 24 heavy (non-hydrogen) atoms. The Hall–Kier alpha value is -1.92. The van der Waals surface area contributed by atoms with Crippen molar-refractivity contribution in [2.75, 3.05) is 19.8 Å². The van der Waals surface area contributed by atoms with E-state index in [1.165, 1.54) is 5.56 Å². The number of hydrogen-bond donors (Lipinski definition) is 0. The number of carbonyl (C=O) groups excluding carboxylic acids is 1. The number of thiophene rings is 1. The van der Waals surface area contributed by atoms with Crippen molar-refractivity contribution in [3.05, 3.63) is 45.9 Å². The number of amides is 1. The summed E-state index contributed by atoms with van der Waals surface area (Å²) >= 11 is 1.63. The number of ether oxygens (including phenoxy) is 1. The number of nitrogens with zero attached hydrogens (tertiary/aromatic N) is 3. The zero-order chi connectivity index (χ0) is 16.9. The lowest BCUT2D eigenvalue weighted by atomic mass is 9.95. The van der Waals surface area contributed by atoms with Crippen LogP contribution in [0.1, 0.15) is 35.9 Å². The van der Waals surface area contributed by atoms with Gasteiger partial charge in [0, 0.05) is 42.1 Å². The molecule has 0 aliphatic carbocycles. The van der Waals surface area contributed by atoms with Crippen molar-refractivity contribution >= 4 is 23.3 Å². The van der Waals surface area contributed by atoms with E-state index in [9.17, 15) is 4.79 Å². The quantitative estimate of drug-likeness (QED) is 0.756. The van der Waals surface area contributed by atoms with Crippen LogP contribution in [0, 0.1) is 0 Å². The SMILES string of the molecule is CCOC[C@H]1CN(C(=O)/C=C/c2cccs2)Cc2c1cnn2CC. The molecule has 0 radical (unpaired) electrons. The molecular formula is C18H23N3O2S. The van der Waals surface area contributed by atoms with Crippen molar-refractivity contribution in [3.63, 3.8) is 0 Å². The lowest BCUT2D eigenvalue weighted by Crippen LogP contribution is -2.39. The summed E-state index contributed by atoms with van der Waals surface area (Å²) < 4.78 is 7.61. The van der Waals surface area contributed by atoms with E-state index in [1.807, 2.05) is 46.3 Å². The maximum Gasteiger partial charge on any atom is 0.246 e. The number of rotatable bonds is 6. The first-order valence-electron chi connectivity index (χ1n) is 8.35. The average molecular weight is 345 g/mol. The largest absolute Gasteiger partial charge is 0.381 e. The fraction of sp³-hybridized carbons (Fsp3) is 0.444. The molecule has 1 aliphatic heterocycles. The van der Waals surface area contributed by atoms with Crippen molar-refractivity contribution in [2.24, 2.45) is 0 Å².